The molecule has 0 unspecified atom stereocenters. The fraction of sp³-hybridized carbons (Fsp3) is 0.800. The molecular formula is C10H18O4S. The van der Waals surface area contributed by atoms with Crippen molar-refractivity contribution >= 4 is 21.4 Å². The molecule has 0 amide bonds. The Bertz CT molecular complexity index is 310. The van der Waals surface area contributed by atoms with Crippen LogP contribution in [0.5, 0.6) is 0 Å². The van der Waals surface area contributed by atoms with Gasteiger partial charge < -0.3 is 0 Å². The minimum absolute atomic E-state index is 0.311. The van der Waals surface area contributed by atoms with Gasteiger partial charge in [0.15, 0.2) is 9.84 Å². The molecule has 0 aromatic carbocycles. The first-order valence-corrected chi connectivity index (χ1v) is 6.73. The molecule has 0 N–H and O–H groups in total. The van der Waals surface area contributed by atoms with Gasteiger partial charge in [-0.05, 0) is 0 Å². The smallest absolute Gasteiger partial charge is 0.164 e. The molecule has 0 bridgehead atoms. The Morgan fingerprint density at radius 1 is 0.867 bits per heavy atom. The van der Waals surface area contributed by atoms with Gasteiger partial charge in [0.2, 0.25) is 0 Å². The third kappa shape index (κ3) is 5.67. The summed E-state index contributed by atoms with van der Waals surface area (Å²) in [6.45, 7) is 6.56. The molecule has 0 spiro atoms. The number of Topliss-reactive ketones (excluding diaryl/α,β-unsaturated/α-hetero) is 2. The summed E-state index contributed by atoms with van der Waals surface area (Å²) in [6, 6.07) is 0. The molecule has 0 atom stereocenters. The maximum absolute atomic E-state index is 11.4. The van der Waals surface area contributed by atoms with Crippen LogP contribution in [0.25, 0.3) is 0 Å². The van der Waals surface area contributed by atoms with E-state index < -0.39 is 21.3 Å². The number of ketones is 2. The van der Waals surface area contributed by atoms with E-state index in [0.717, 1.165) is 0 Å². The molecule has 88 valence electrons. The largest absolute Gasteiger partial charge is 0.298 e. The van der Waals surface area contributed by atoms with Crippen molar-refractivity contribution < 1.29 is 18.0 Å². The highest BCUT2D eigenvalue weighted by molar-refractivity contribution is 7.92. The third-order valence-corrected chi connectivity index (χ3v) is 3.46. The third-order valence-electron chi connectivity index (χ3n) is 2.01. The van der Waals surface area contributed by atoms with Crippen LogP contribution in [0.1, 0.15) is 27.7 Å². The Morgan fingerprint density at radius 3 is 1.33 bits per heavy atom. The predicted molar refractivity (Wildman–Crippen MR) is 58.3 cm³/mol. The monoisotopic (exact) mass is 234 g/mol. The van der Waals surface area contributed by atoms with E-state index in [2.05, 4.69) is 0 Å². The zero-order valence-electron chi connectivity index (χ0n) is 9.61. The van der Waals surface area contributed by atoms with E-state index in [-0.39, 0.29) is 23.4 Å². The van der Waals surface area contributed by atoms with Gasteiger partial charge in [-0.2, -0.15) is 0 Å². The summed E-state index contributed by atoms with van der Waals surface area (Å²) in [4.78, 5) is 22.4. The molecule has 0 aromatic rings. The van der Waals surface area contributed by atoms with Gasteiger partial charge in [-0.1, -0.05) is 27.7 Å². The summed E-state index contributed by atoms with van der Waals surface area (Å²) in [5.41, 5.74) is 0. The van der Waals surface area contributed by atoms with E-state index in [1.165, 1.54) is 0 Å². The second-order valence-corrected chi connectivity index (χ2v) is 6.34. The number of sulfone groups is 1. The highest BCUT2D eigenvalue weighted by atomic mass is 32.2. The first kappa shape index (κ1) is 14.3. The molecule has 0 saturated heterocycles. The van der Waals surface area contributed by atoms with Crippen LogP contribution in [0, 0.1) is 11.8 Å². The first-order valence-electron chi connectivity index (χ1n) is 4.91. The number of rotatable bonds is 6. The number of hydrogen-bond donors (Lipinski definition) is 0. The molecule has 0 aliphatic heterocycles. The molecule has 15 heavy (non-hydrogen) atoms. The van der Waals surface area contributed by atoms with Crippen LogP contribution in [-0.2, 0) is 19.4 Å². The molecule has 4 nitrogen and oxygen atoms in total. The van der Waals surface area contributed by atoms with Crippen molar-refractivity contribution in [2.75, 3.05) is 11.5 Å². The van der Waals surface area contributed by atoms with Crippen LogP contribution in [0.15, 0.2) is 0 Å². The van der Waals surface area contributed by atoms with E-state index in [0.29, 0.717) is 0 Å². The molecule has 0 aliphatic carbocycles. The van der Waals surface area contributed by atoms with E-state index >= 15 is 0 Å². The predicted octanol–water partition coefficient (Wildman–Crippen LogP) is 0.851. The average Bonchev–Trinajstić information content (AvgIpc) is 2.01. The van der Waals surface area contributed by atoms with Gasteiger partial charge in [0.1, 0.15) is 23.1 Å². The summed E-state index contributed by atoms with van der Waals surface area (Å²) < 4.78 is 22.8. The number of hydrogen-bond acceptors (Lipinski definition) is 4. The summed E-state index contributed by atoms with van der Waals surface area (Å²) in [7, 11) is -3.57. The minimum Gasteiger partial charge on any atom is -0.298 e. The highest BCUT2D eigenvalue weighted by Crippen LogP contribution is 2.03. The van der Waals surface area contributed by atoms with Crippen LogP contribution in [-0.4, -0.2) is 31.5 Å². The average molecular weight is 234 g/mol. The van der Waals surface area contributed by atoms with Crippen LogP contribution in [0.4, 0.5) is 0 Å². The molecule has 0 rings (SSSR count). The van der Waals surface area contributed by atoms with Crippen molar-refractivity contribution in [2.24, 2.45) is 11.8 Å². The Kier molecular flexibility index (Phi) is 5.14. The maximum atomic E-state index is 11.4. The Morgan fingerprint density at radius 2 is 1.13 bits per heavy atom. The quantitative estimate of drug-likeness (QED) is 0.683. The molecular weight excluding hydrogens is 216 g/mol. The lowest BCUT2D eigenvalue weighted by molar-refractivity contribution is -0.119. The van der Waals surface area contributed by atoms with E-state index in [1.807, 2.05) is 0 Å². The van der Waals surface area contributed by atoms with Crippen molar-refractivity contribution in [1.82, 2.24) is 0 Å². The van der Waals surface area contributed by atoms with Crippen molar-refractivity contribution in [2.45, 2.75) is 27.7 Å². The zero-order chi connectivity index (χ0) is 12.2. The fourth-order valence-electron chi connectivity index (χ4n) is 0.818. The summed E-state index contributed by atoms with van der Waals surface area (Å²) in [6.07, 6.45) is 0. The van der Waals surface area contributed by atoms with Crippen molar-refractivity contribution in [3.63, 3.8) is 0 Å². The lowest BCUT2D eigenvalue weighted by atomic mass is 10.1. The summed E-state index contributed by atoms with van der Waals surface area (Å²) in [5.74, 6) is -2.35. The van der Waals surface area contributed by atoms with Crippen LogP contribution >= 0.6 is 0 Å². The van der Waals surface area contributed by atoms with Gasteiger partial charge in [-0.15, -0.1) is 0 Å². The SMILES string of the molecule is CC(C)C(=O)CS(=O)(=O)CC(=O)C(C)C. The molecule has 0 radical (unpaired) electrons. The van der Waals surface area contributed by atoms with Crippen LogP contribution in [0.2, 0.25) is 0 Å². The summed E-state index contributed by atoms with van der Waals surface area (Å²) in [5, 5.41) is 0. The molecule has 0 heterocycles. The standard InChI is InChI=1S/C10H18O4S/c1-7(2)9(11)5-15(13,14)6-10(12)8(3)4/h7-8H,5-6H2,1-4H3. The van der Waals surface area contributed by atoms with Crippen molar-refractivity contribution in [3.8, 4) is 0 Å². The van der Waals surface area contributed by atoms with Crippen molar-refractivity contribution in [1.29, 1.82) is 0 Å². The Labute approximate surface area is 91.0 Å². The molecule has 0 fully saturated rings. The lowest BCUT2D eigenvalue weighted by Gasteiger charge is -2.06. The minimum atomic E-state index is -3.57. The number of carbonyl (C=O) groups is 2. The molecule has 0 saturated carbocycles. The highest BCUT2D eigenvalue weighted by Gasteiger charge is 2.23. The van der Waals surface area contributed by atoms with Crippen LogP contribution < -0.4 is 0 Å². The van der Waals surface area contributed by atoms with Crippen molar-refractivity contribution in [3.05, 3.63) is 0 Å². The zero-order valence-corrected chi connectivity index (χ0v) is 10.4. The van der Waals surface area contributed by atoms with E-state index in [9.17, 15) is 18.0 Å². The Balaban J connectivity index is 4.46. The first-order chi connectivity index (χ1) is 6.65. The number of carbonyl (C=O) groups excluding carboxylic acids is 2. The lowest BCUT2D eigenvalue weighted by Crippen LogP contribution is -2.27. The van der Waals surface area contributed by atoms with Crippen LogP contribution in [0.3, 0.4) is 0 Å². The Hall–Kier alpha value is -0.710. The molecule has 0 aromatic heterocycles. The second kappa shape index (κ2) is 5.39. The van der Waals surface area contributed by atoms with Gasteiger partial charge in [0.05, 0.1) is 0 Å². The van der Waals surface area contributed by atoms with E-state index in [1.54, 1.807) is 27.7 Å². The fourth-order valence-corrected chi connectivity index (χ4v) is 2.45. The topological polar surface area (TPSA) is 68.3 Å². The van der Waals surface area contributed by atoms with E-state index in [4.69, 9.17) is 0 Å². The van der Waals surface area contributed by atoms with Gasteiger partial charge in [0.25, 0.3) is 0 Å². The van der Waals surface area contributed by atoms with Gasteiger partial charge in [0, 0.05) is 11.8 Å². The normalized spacial score (nSPS) is 12.1. The van der Waals surface area contributed by atoms with Gasteiger partial charge >= 0.3 is 0 Å². The summed E-state index contributed by atoms with van der Waals surface area (Å²) >= 11 is 0. The molecule has 5 heteroatoms. The molecule has 0 aliphatic rings. The van der Waals surface area contributed by atoms with Gasteiger partial charge in [-0.25, -0.2) is 8.42 Å². The maximum Gasteiger partial charge on any atom is 0.164 e. The second-order valence-electron chi connectivity index (χ2n) is 4.27. The van der Waals surface area contributed by atoms with Gasteiger partial charge in [-0.3, -0.25) is 9.59 Å².